The van der Waals surface area contributed by atoms with Gasteiger partial charge in [0.2, 0.25) is 0 Å². The highest BCUT2D eigenvalue weighted by Crippen LogP contribution is 2.30. The molecular weight excluding hydrogens is 313 g/mol. The van der Waals surface area contributed by atoms with E-state index in [1.54, 1.807) is 18.2 Å². The molecule has 5 nitrogen and oxygen atoms in total. The van der Waals surface area contributed by atoms with Crippen LogP contribution >= 0.6 is 23.2 Å². The van der Waals surface area contributed by atoms with Crippen LogP contribution in [0, 0.1) is 0 Å². The van der Waals surface area contributed by atoms with Gasteiger partial charge in [-0.2, -0.15) is 0 Å². The van der Waals surface area contributed by atoms with Crippen LogP contribution in [0.3, 0.4) is 0 Å². The summed E-state index contributed by atoms with van der Waals surface area (Å²) in [6, 6.07) is 5.07. The highest BCUT2D eigenvalue weighted by molar-refractivity contribution is 6.36. The molecule has 1 aliphatic rings. The van der Waals surface area contributed by atoms with Crippen LogP contribution in [-0.4, -0.2) is 36.9 Å². The van der Waals surface area contributed by atoms with E-state index >= 15 is 0 Å². The zero-order chi connectivity index (χ0) is 15.2. The van der Waals surface area contributed by atoms with Gasteiger partial charge in [0.1, 0.15) is 6.10 Å². The molecule has 116 valence electrons. The molecule has 2 rings (SSSR count). The van der Waals surface area contributed by atoms with Gasteiger partial charge in [-0.1, -0.05) is 29.3 Å². The fraction of sp³-hybridized carbons (Fsp3) is 0.500. The predicted molar refractivity (Wildman–Crippen MR) is 84.9 cm³/mol. The van der Waals surface area contributed by atoms with Crippen molar-refractivity contribution < 1.29 is 9.84 Å². The van der Waals surface area contributed by atoms with Crippen LogP contribution in [0.5, 0.6) is 0 Å². The maximum Gasteiger partial charge on any atom is 0.188 e. The molecular formula is C14H19Cl2N3O2. The molecule has 1 saturated heterocycles. The second kappa shape index (κ2) is 7.84. The van der Waals surface area contributed by atoms with E-state index in [0.717, 1.165) is 19.4 Å². The number of nitrogens with zero attached hydrogens (tertiary/aromatic N) is 1. The first-order valence-electron chi connectivity index (χ1n) is 6.85. The minimum Gasteiger partial charge on any atom is -0.386 e. The molecule has 0 aliphatic carbocycles. The topological polar surface area (TPSA) is 79.9 Å². The molecule has 1 aromatic rings. The Balaban J connectivity index is 1.86. The van der Waals surface area contributed by atoms with Gasteiger partial charge in [0.05, 0.1) is 12.6 Å². The molecule has 1 aromatic carbocycles. The normalized spacial score (nSPS) is 20.5. The lowest BCUT2D eigenvalue weighted by atomic mass is 10.1. The van der Waals surface area contributed by atoms with E-state index in [1.807, 2.05) is 0 Å². The SMILES string of the molecule is NC(=NCC(O)c1c(Cl)cccc1Cl)NCC1CCCO1. The smallest absolute Gasteiger partial charge is 0.188 e. The van der Waals surface area contributed by atoms with Crippen LogP contribution in [0.25, 0.3) is 0 Å². The van der Waals surface area contributed by atoms with Gasteiger partial charge >= 0.3 is 0 Å². The van der Waals surface area contributed by atoms with Crippen molar-refractivity contribution in [2.75, 3.05) is 19.7 Å². The third-order valence-electron chi connectivity index (χ3n) is 3.30. The average molecular weight is 332 g/mol. The number of benzene rings is 1. The Morgan fingerprint density at radius 3 is 2.81 bits per heavy atom. The van der Waals surface area contributed by atoms with Crippen molar-refractivity contribution in [1.82, 2.24) is 5.32 Å². The number of aliphatic hydroxyl groups excluding tert-OH is 1. The lowest BCUT2D eigenvalue weighted by Gasteiger charge is -2.14. The van der Waals surface area contributed by atoms with E-state index in [-0.39, 0.29) is 18.6 Å². The van der Waals surface area contributed by atoms with E-state index in [4.69, 9.17) is 33.7 Å². The number of ether oxygens (including phenoxy) is 1. The first-order chi connectivity index (χ1) is 10.1. The third-order valence-corrected chi connectivity index (χ3v) is 3.96. The molecule has 7 heteroatoms. The summed E-state index contributed by atoms with van der Waals surface area (Å²) in [5.41, 5.74) is 6.23. The van der Waals surface area contributed by atoms with Gasteiger partial charge in [0, 0.05) is 28.8 Å². The van der Waals surface area contributed by atoms with Crippen molar-refractivity contribution in [1.29, 1.82) is 0 Å². The minimum atomic E-state index is -0.894. The summed E-state index contributed by atoms with van der Waals surface area (Å²) < 4.78 is 5.47. The zero-order valence-corrected chi connectivity index (χ0v) is 13.1. The third kappa shape index (κ3) is 4.74. The van der Waals surface area contributed by atoms with Gasteiger partial charge in [-0.15, -0.1) is 0 Å². The monoisotopic (exact) mass is 331 g/mol. The average Bonchev–Trinajstić information content (AvgIpc) is 2.96. The Morgan fingerprint density at radius 1 is 1.48 bits per heavy atom. The number of aliphatic hydroxyl groups is 1. The summed E-state index contributed by atoms with van der Waals surface area (Å²) in [4.78, 5) is 4.10. The number of rotatable bonds is 5. The van der Waals surface area contributed by atoms with Gasteiger partial charge in [0.15, 0.2) is 5.96 Å². The molecule has 1 heterocycles. The summed E-state index contributed by atoms with van der Waals surface area (Å²) in [6.07, 6.45) is 1.39. The van der Waals surface area contributed by atoms with Gasteiger partial charge in [-0.25, -0.2) is 0 Å². The van der Waals surface area contributed by atoms with E-state index in [0.29, 0.717) is 22.2 Å². The molecule has 21 heavy (non-hydrogen) atoms. The minimum absolute atomic E-state index is 0.0911. The van der Waals surface area contributed by atoms with Crippen molar-refractivity contribution in [3.63, 3.8) is 0 Å². The lowest BCUT2D eigenvalue weighted by Crippen LogP contribution is -2.37. The van der Waals surface area contributed by atoms with Gasteiger partial charge in [-0.05, 0) is 25.0 Å². The number of hydrogen-bond donors (Lipinski definition) is 3. The van der Waals surface area contributed by atoms with Crippen LogP contribution in [0.1, 0.15) is 24.5 Å². The van der Waals surface area contributed by atoms with Crippen molar-refractivity contribution in [3.05, 3.63) is 33.8 Å². The van der Waals surface area contributed by atoms with Crippen molar-refractivity contribution in [2.24, 2.45) is 10.7 Å². The summed E-state index contributed by atoms with van der Waals surface area (Å²) in [6.45, 7) is 1.51. The molecule has 0 aromatic heterocycles. The second-order valence-corrected chi connectivity index (χ2v) is 5.71. The van der Waals surface area contributed by atoms with Crippen LogP contribution < -0.4 is 11.1 Å². The fourth-order valence-corrected chi connectivity index (χ4v) is 2.83. The predicted octanol–water partition coefficient (Wildman–Crippen LogP) is 2.11. The molecule has 1 fully saturated rings. The largest absolute Gasteiger partial charge is 0.386 e. The maximum atomic E-state index is 10.1. The van der Waals surface area contributed by atoms with Crippen molar-refractivity contribution in [3.8, 4) is 0 Å². The highest BCUT2D eigenvalue weighted by Gasteiger charge is 2.16. The summed E-state index contributed by atoms with van der Waals surface area (Å²) in [5.74, 6) is 0.271. The summed E-state index contributed by atoms with van der Waals surface area (Å²) in [5, 5.41) is 13.9. The summed E-state index contributed by atoms with van der Waals surface area (Å²) >= 11 is 12.1. The number of nitrogens with two attached hydrogens (primary N) is 1. The Bertz CT molecular complexity index is 485. The van der Waals surface area contributed by atoms with Gasteiger partial charge in [-0.3, -0.25) is 4.99 Å². The molecule has 0 radical (unpaired) electrons. The molecule has 2 unspecified atom stereocenters. The number of guanidine groups is 1. The lowest BCUT2D eigenvalue weighted by molar-refractivity contribution is 0.114. The molecule has 0 amide bonds. The molecule has 0 spiro atoms. The Morgan fingerprint density at radius 2 is 2.19 bits per heavy atom. The molecule has 0 saturated carbocycles. The first kappa shape index (κ1) is 16.4. The van der Waals surface area contributed by atoms with Crippen molar-refractivity contribution >= 4 is 29.2 Å². The molecule has 2 atom stereocenters. The van der Waals surface area contributed by atoms with Crippen LogP contribution in [0.15, 0.2) is 23.2 Å². The number of hydrogen-bond acceptors (Lipinski definition) is 3. The van der Waals surface area contributed by atoms with Crippen LogP contribution in [0.4, 0.5) is 0 Å². The van der Waals surface area contributed by atoms with Gasteiger partial charge < -0.3 is 20.9 Å². The van der Waals surface area contributed by atoms with Crippen LogP contribution in [0.2, 0.25) is 10.0 Å². The molecule has 1 aliphatic heterocycles. The van der Waals surface area contributed by atoms with Crippen LogP contribution in [-0.2, 0) is 4.74 Å². The number of halogens is 2. The number of aliphatic imine (C=N–C) groups is 1. The van der Waals surface area contributed by atoms with E-state index in [1.165, 1.54) is 0 Å². The van der Waals surface area contributed by atoms with Gasteiger partial charge in [0.25, 0.3) is 0 Å². The maximum absolute atomic E-state index is 10.1. The summed E-state index contributed by atoms with van der Waals surface area (Å²) in [7, 11) is 0. The van der Waals surface area contributed by atoms with Crippen molar-refractivity contribution in [2.45, 2.75) is 25.0 Å². The standard InChI is InChI=1S/C14H19Cl2N3O2/c15-10-4-1-5-11(16)13(10)12(20)8-19-14(17)18-7-9-3-2-6-21-9/h1,4-5,9,12,20H,2-3,6-8H2,(H3,17,18,19). The number of nitrogens with one attached hydrogen (secondary N) is 1. The quantitative estimate of drug-likeness (QED) is 0.570. The molecule has 4 N–H and O–H groups in total. The Kier molecular flexibility index (Phi) is 6.11. The Hall–Kier alpha value is -1.01. The Labute approximate surface area is 134 Å². The highest BCUT2D eigenvalue weighted by atomic mass is 35.5. The van der Waals surface area contributed by atoms with E-state index in [9.17, 15) is 5.11 Å². The fourth-order valence-electron chi connectivity index (χ4n) is 2.18. The first-order valence-corrected chi connectivity index (χ1v) is 7.61. The van der Waals surface area contributed by atoms with E-state index in [2.05, 4.69) is 10.3 Å². The van der Waals surface area contributed by atoms with E-state index < -0.39 is 6.10 Å². The zero-order valence-electron chi connectivity index (χ0n) is 11.6. The molecule has 0 bridgehead atoms. The second-order valence-electron chi connectivity index (χ2n) is 4.89.